The van der Waals surface area contributed by atoms with Crippen molar-refractivity contribution in [1.29, 1.82) is 0 Å². The minimum Gasteiger partial charge on any atom is -0.356 e. The van der Waals surface area contributed by atoms with E-state index < -0.39 is 0 Å². The SMILES string of the molecule is CN=C(NCCC(C)C)NCc1ccc(-n2nc(C)cc2C)nc1. The molecule has 0 aliphatic heterocycles. The Hall–Kier alpha value is -2.37. The number of aryl methyl sites for hydroxylation is 2. The third kappa shape index (κ3) is 5.08. The van der Waals surface area contributed by atoms with Crippen LogP contribution in [-0.4, -0.2) is 34.3 Å². The molecule has 0 spiro atoms. The summed E-state index contributed by atoms with van der Waals surface area (Å²) in [5.41, 5.74) is 3.18. The van der Waals surface area contributed by atoms with E-state index in [0.717, 1.165) is 41.7 Å². The highest BCUT2D eigenvalue weighted by molar-refractivity contribution is 5.79. The molecule has 24 heavy (non-hydrogen) atoms. The number of nitrogens with one attached hydrogen (secondary N) is 2. The highest BCUT2D eigenvalue weighted by atomic mass is 15.3. The molecule has 130 valence electrons. The van der Waals surface area contributed by atoms with Crippen molar-refractivity contribution in [2.45, 2.75) is 40.7 Å². The first kappa shape index (κ1) is 18.0. The number of guanidine groups is 1. The van der Waals surface area contributed by atoms with Crippen LogP contribution in [-0.2, 0) is 6.54 Å². The molecular formula is C18H28N6. The topological polar surface area (TPSA) is 67.1 Å². The molecule has 0 bridgehead atoms. The number of hydrogen-bond donors (Lipinski definition) is 2. The van der Waals surface area contributed by atoms with E-state index in [1.165, 1.54) is 0 Å². The molecule has 0 unspecified atom stereocenters. The lowest BCUT2D eigenvalue weighted by Crippen LogP contribution is -2.37. The summed E-state index contributed by atoms with van der Waals surface area (Å²) in [7, 11) is 1.79. The summed E-state index contributed by atoms with van der Waals surface area (Å²) in [4.78, 5) is 8.75. The first-order chi connectivity index (χ1) is 11.5. The highest BCUT2D eigenvalue weighted by Crippen LogP contribution is 2.10. The lowest BCUT2D eigenvalue weighted by atomic mass is 10.1. The molecule has 0 atom stereocenters. The summed E-state index contributed by atoms with van der Waals surface area (Å²) >= 11 is 0. The molecule has 0 saturated heterocycles. The zero-order chi connectivity index (χ0) is 17.5. The van der Waals surface area contributed by atoms with Gasteiger partial charge in [-0.05, 0) is 43.9 Å². The number of aromatic nitrogens is 3. The standard InChI is InChI=1S/C18H28N6/c1-13(2)8-9-20-18(19-5)22-12-16-6-7-17(21-11-16)24-15(4)10-14(3)23-24/h6-7,10-11,13H,8-9,12H2,1-5H3,(H2,19,20,22). The van der Waals surface area contributed by atoms with Crippen LogP contribution >= 0.6 is 0 Å². The van der Waals surface area contributed by atoms with Crippen LogP contribution in [0.3, 0.4) is 0 Å². The van der Waals surface area contributed by atoms with Crippen LogP contribution in [0.15, 0.2) is 29.4 Å². The Kier molecular flexibility index (Phi) is 6.35. The Morgan fingerprint density at radius 3 is 2.58 bits per heavy atom. The summed E-state index contributed by atoms with van der Waals surface area (Å²) in [6.07, 6.45) is 3.00. The summed E-state index contributed by atoms with van der Waals surface area (Å²) in [5.74, 6) is 2.34. The highest BCUT2D eigenvalue weighted by Gasteiger charge is 2.05. The predicted molar refractivity (Wildman–Crippen MR) is 98.5 cm³/mol. The lowest BCUT2D eigenvalue weighted by molar-refractivity contribution is 0.573. The van der Waals surface area contributed by atoms with Crippen molar-refractivity contribution in [1.82, 2.24) is 25.4 Å². The maximum Gasteiger partial charge on any atom is 0.191 e. The molecule has 2 N–H and O–H groups in total. The Labute approximate surface area is 144 Å². The molecule has 0 saturated carbocycles. The van der Waals surface area contributed by atoms with Gasteiger partial charge >= 0.3 is 0 Å². The summed E-state index contributed by atoms with van der Waals surface area (Å²) in [6.45, 7) is 10.1. The molecule has 0 fully saturated rings. The molecule has 6 nitrogen and oxygen atoms in total. The fraction of sp³-hybridized carbons (Fsp3) is 0.500. The van der Waals surface area contributed by atoms with E-state index in [1.54, 1.807) is 7.05 Å². The molecule has 2 heterocycles. The second-order valence-electron chi connectivity index (χ2n) is 6.40. The van der Waals surface area contributed by atoms with Gasteiger partial charge in [0.2, 0.25) is 0 Å². The van der Waals surface area contributed by atoms with Crippen molar-refractivity contribution >= 4 is 5.96 Å². The van der Waals surface area contributed by atoms with Crippen molar-refractivity contribution in [3.05, 3.63) is 41.3 Å². The van der Waals surface area contributed by atoms with E-state index in [9.17, 15) is 0 Å². The Morgan fingerprint density at radius 2 is 2.04 bits per heavy atom. The molecule has 2 aromatic heterocycles. The van der Waals surface area contributed by atoms with Crippen molar-refractivity contribution in [2.75, 3.05) is 13.6 Å². The largest absolute Gasteiger partial charge is 0.356 e. The van der Waals surface area contributed by atoms with E-state index in [0.29, 0.717) is 12.5 Å². The fourth-order valence-corrected chi connectivity index (χ4v) is 2.39. The van der Waals surface area contributed by atoms with Crippen LogP contribution in [0.2, 0.25) is 0 Å². The zero-order valence-electron chi connectivity index (χ0n) is 15.3. The van der Waals surface area contributed by atoms with Gasteiger partial charge in [0.05, 0.1) is 5.69 Å². The van der Waals surface area contributed by atoms with Gasteiger partial charge in [-0.2, -0.15) is 5.10 Å². The quantitative estimate of drug-likeness (QED) is 0.632. The van der Waals surface area contributed by atoms with Crippen molar-refractivity contribution in [3.8, 4) is 5.82 Å². The second kappa shape index (κ2) is 8.47. The van der Waals surface area contributed by atoms with Crippen molar-refractivity contribution < 1.29 is 0 Å². The number of hydrogen-bond acceptors (Lipinski definition) is 3. The van der Waals surface area contributed by atoms with Crippen LogP contribution in [0.1, 0.15) is 37.2 Å². The van der Waals surface area contributed by atoms with E-state index >= 15 is 0 Å². The minimum absolute atomic E-state index is 0.682. The summed E-state index contributed by atoms with van der Waals surface area (Å²) in [6, 6.07) is 6.10. The average molecular weight is 328 g/mol. The van der Waals surface area contributed by atoms with E-state index in [2.05, 4.69) is 45.6 Å². The fourth-order valence-electron chi connectivity index (χ4n) is 2.39. The van der Waals surface area contributed by atoms with E-state index in [4.69, 9.17) is 0 Å². The van der Waals surface area contributed by atoms with Gasteiger partial charge in [0.25, 0.3) is 0 Å². The summed E-state index contributed by atoms with van der Waals surface area (Å²) < 4.78 is 1.86. The van der Waals surface area contributed by atoms with E-state index in [-0.39, 0.29) is 0 Å². The van der Waals surface area contributed by atoms with Crippen molar-refractivity contribution in [3.63, 3.8) is 0 Å². The lowest BCUT2D eigenvalue weighted by Gasteiger charge is -2.13. The second-order valence-corrected chi connectivity index (χ2v) is 6.40. The normalized spacial score (nSPS) is 11.8. The molecule has 2 aromatic rings. The maximum atomic E-state index is 4.51. The molecule has 0 aromatic carbocycles. The molecule has 0 radical (unpaired) electrons. The number of aliphatic imine (C=N–C) groups is 1. The van der Waals surface area contributed by atoms with Gasteiger partial charge in [-0.25, -0.2) is 9.67 Å². The maximum absolute atomic E-state index is 4.51. The van der Waals surface area contributed by atoms with Gasteiger partial charge < -0.3 is 10.6 Å². The van der Waals surface area contributed by atoms with Crippen LogP contribution in [0.25, 0.3) is 5.82 Å². The predicted octanol–water partition coefficient (Wildman–Crippen LogP) is 2.60. The Morgan fingerprint density at radius 1 is 1.25 bits per heavy atom. The number of nitrogens with zero attached hydrogens (tertiary/aromatic N) is 4. The third-order valence-electron chi connectivity index (χ3n) is 3.73. The van der Waals surface area contributed by atoms with Crippen LogP contribution < -0.4 is 10.6 Å². The third-order valence-corrected chi connectivity index (χ3v) is 3.73. The van der Waals surface area contributed by atoms with Gasteiger partial charge in [-0.15, -0.1) is 0 Å². The molecule has 0 aliphatic rings. The summed E-state index contributed by atoms with van der Waals surface area (Å²) in [5, 5.41) is 11.1. The van der Waals surface area contributed by atoms with E-state index in [1.807, 2.05) is 36.9 Å². The van der Waals surface area contributed by atoms with Crippen LogP contribution in [0.5, 0.6) is 0 Å². The monoisotopic (exact) mass is 328 g/mol. The number of pyridine rings is 1. The molecule has 2 rings (SSSR count). The minimum atomic E-state index is 0.682. The first-order valence-electron chi connectivity index (χ1n) is 8.42. The van der Waals surface area contributed by atoms with Crippen LogP contribution in [0.4, 0.5) is 0 Å². The number of rotatable bonds is 6. The van der Waals surface area contributed by atoms with Crippen LogP contribution in [0, 0.1) is 19.8 Å². The van der Waals surface area contributed by atoms with Gasteiger partial charge in [-0.1, -0.05) is 19.9 Å². The average Bonchev–Trinajstić information content (AvgIpc) is 2.89. The van der Waals surface area contributed by atoms with Gasteiger partial charge in [0, 0.05) is 32.0 Å². The van der Waals surface area contributed by atoms with Gasteiger partial charge in [0.15, 0.2) is 11.8 Å². The van der Waals surface area contributed by atoms with Gasteiger partial charge in [-0.3, -0.25) is 4.99 Å². The molecular weight excluding hydrogens is 300 g/mol. The smallest absolute Gasteiger partial charge is 0.191 e. The zero-order valence-corrected chi connectivity index (χ0v) is 15.3. The Bertz CT molecular complexity index is 669. The first-order valence-corrected chi connectivity index (χ1v) is 8.42. The Balaban J connectivity index is 1.90. The molecule has 6 heteroatoms. The molecule has 0 aliphatic carbocycles. The molecule has 0 amide bonds. The van der Waals surface area contributed by atoms with Crippen molar-refractivity contribution in [2.24, 2.45) is 10.9 Å². The van der Waals surface area contributed by atoms with Gasteiger partial charge in [0.1, 0.15) is 0 Å².